The number of aromatic nitrogens is 1. The van der Waals surface area contributed by atoms with Crippen LogP contribution in [0, 0.1) is 0 Å². The Morgan fingerprint density at radius 3 is 2.60 bits per heavy atom. The van der Waals surface area contributed by atoms with Gasteiger partial charge in [-0.2, -0.15) is 0 Å². The van der Waals surface area contributed by atoms with E-state index in [4.69, 9.17) is 21.4 Å². The first-order valence-corrected chi connectivity index (χ1v) is 8.94. The summed E-state index contributed by atoms with van der Waals surface area (Å²) in [5.74, 6) is -0.602. The lowest BCUT2D eigenvalue weighted by Gasteiger charge is -2.24. The molecule has 1 amide bonds. The van der Waals surface area contributed by atoms with Crippen LogP contribution in [0.3, 0.4) is 0 Å². The highest BCUT2D eigenvalue weighted by atomic mass is 35.5. The Kier molecular flexibility index (Phi) is 6.78. The topological polar surface area (TPSA) is 79.7 Å². The lowest BCUT2D eigenvalue weighted by Crippen LogP contribution is -2.41. The fraction of sp³-hybridized carbons (Fsp3) is 0.353. The quantitative estimate of drug-likeness (QED) is 0.758. The average molecular weight is 383 g/mol. The Labute approximate surface area is 155 Å². The molecule has 6 nitrogen and oxygen atoms in total. The van der Waals surface area contributed by atoms with E-state index in [1.807, 2.05) is 0 Å². The predicted molar refractivity (Wildman–Crippen MR) is 96.1 cm³/mol. The van der Waals surface area contributed by atoms with Gasteiger partial charge < -0.3 is 14.7 Å². The number of carboxylic acid groups (broad SMARTS) is 1. The molecule has 0 aliphatic heterocycles. The summed E-state index contributed by atoms with van der Waals surface area (Å²) in [5.41, 5.74) is 0.612. The Bertz CT molecular complexity index is 731. The van der Waals surface area contributed by atoms with Gasteiger partial charge in [0.15, 0.2) is 0 Å². The number of benzene rings is 1. The molecule has 0 aliphatic carbocycles. The number of rotatable bonds is 8. The van der Waals surface area contributed by atoms with Crippen molar-refractivity contribution in [2.24, 2.45) is 0 Å². The van der Waals surface area contributed by atoms with Gasteiger partial charge in [0.05, 0.1) is 12.1 Å². The van der Waals surface area contributed by atoms with Crippen LogP contribution in [0.2, 0.25) is 5.02 Å². The minimum absolute atomic E-state index is 0.0723. The van der Waals surface area contributed by atoms with Gasteiger partial charge in [-0.1, -0.05) is 11.6 Å². The molecule has 0 saturated heterocycles. The van der Waals surface area contributed by atoms with E-state index < -0.39 is 5.97 Å². The van der Waals surface area contributed by atoms with Crippen molar-refractivity contribution in [3.63, 3.8) is 0 Å². The first kappa shape index (κ1) is 19.2. The van der Waals surface area contributed by atoms with E-state index in [1.165, 1.54) is 16.2 Å². The standard InChI is InChI=1S/C17H19ClN2O4S/c1-11(2)20(8-17(22)23)16(21)7-13-10-25-15(19-13)9-24-14-5-3-12(18)4-6-14/h3-6,10-11H,7-9H2,1-2H3,(H,22,23). The lowest BCUT2D eigenvalue weighted by atomic mass is 10.2. The van der Waals surface area contributed by atoms with E-state index in [9.17, 15) is 9.59 Å². The highest BCUT2D eigenvalue weighted by molar-refractivity contribution is 7.09. The van der Waals surface area contributed by atoms with E-state index in [-0.39, 0.29) is 24.9 Å². The Morgan fingerprint density at radius 1 is 1.32 bits per heavy atom. The predicted octanol–water partition coefficient (Wildman–Crippen LogP) is 3.24. The summed E-state index contributed by atoms with van der Waals surface area (Å²) in [7, 11) is 0. The molecule has 0 bridgehead atoms. The number of hydrogen-bond donors (Lipinski definition) is 1. The summed E-state index contributed by atoms with van der Waals surface area (Å²) in [4.78, 5) is 28.9. The zero-order valence-electron chi connectivity index (χ0n) is 13.9. The second kappa shape index (κ2) is 8.82. The Morgan fingerprint density at radius 2 is 2.00 bits per heavy atom. The summed E-state index contributed by atoms with van der Waals surface area (Å²) in [6.45, 7) is 3.55. The van der Waals surface area contributed by atoms with E-state index >= 15 is 0 Å². The van der Waals surface area contributed by atoms with Gasteiger partial charge in [0.1, 0.15) is 23.9 Å². The van der Waals surface area contributed by atoms with Crippen LogP contribution in [-0.4, -0.2) is 39.5 Å². The van der Waals surface area contributed by atoms with Crippen molar-refractivity contribution in [2.75, 3.05) is 6.54 Å². The molecule has 0 atom stereocenters. The normalized spacial score (nSPS) is 10.7. The molecule has 1 aromatic heterocycles. The van der Waals surface area contributed by atoms with Crippen LogP contribution in [0.1, 0.15) is 24.5 Å². The van der Waals surface area contributed by atoms with Crippen LogP contribution in [-0.2, 0) is 22.6 Å². The molecule has 2 rings (SSSR count). The molecule has 1 heterocycles. The molecule has 0 fully saturated rings. The summed E-state index contributed by atoms with van der Waals surface area (Å²) >= 11 is 7.22. The number of aliphatic carboxylic acids is 1. The molecular weight excluding hydrogens is 364 g/mol. The van der Waals surface area contributed by atoms with Gasteiger partial charge in [0.2, 0.25) is 5.91 Å². The number of thiazole rings is 1. The van der Waals surface area contributed by atoms with Gasteiger partial charge in [-0.05, 0) is 38.1 Å². The van der Waals surface area contributed by atoms with Crippen molar-refractivity contribution in [1.29, 1.82) is 0 Å². The number of hydrogen-bond acceptors (Lipinski definition) is 5. The molecule has 2 aromatic rings. The molecule has 1 N–H and O–H groups in total. The van der Waals surface area contributed by atoms with Crippen molar-refractivity contribution in [2.45, 2.75) is 32.9 Å². The number of carboxylic acids is 1. The second-order valence-corrected chi connectivity index (χ2v) is 7.04. The van der Waals surface area contributed by atoms with Gasteiger partial charge >= 0.3 is 5.97 Å². The number of halogens is 1. The first-order chi connectivity index (χ1) is 11.8. The second-order valence-electron chi connectivity index (χ2n) is 5.66. The van der Waals surface area contributed by atoms with Crippen LogP contribution >= 0.6 is 22.9 Å². The molecule has 0 unspecified atom stereocenters. The maximum Gasteiger partial charge on any atom is 0.323 e. The monoisotopic (exact) mass is 382 g/mol. The van der Waals surface area contributed by atoms with Gasteiger partial charge in [-0.15, -0.1) is 11.3 Å². The molecule has 134 valence electrons. The Balaban J connectivity index is 1.92. The minimum Gasteiger partial charge on any atom is -0.486 e. The van der Waals surface area contributed by atoms with E-state index in [0.717, 1.165) is 5.01 Å². The summed E-state index contributed by atoms with van der Waals surface area (Å²) < 4.78 is 5.62. The zero-order chi connectivity index (χ0) is 18.4. The SMILES string of the molecule is CC(C)N(CC(=O)O)C(=O)Cc1csc(COc2ccc(Cl)cc2)n1. The van der Waals surface area contributed by atoms with Crippen molar-refractivity contribution < 1.29 is 19.4 Å². The molecule has 8 heteroatoms. The van der Waals surface area contributed by atoms with Gasteiger partial charge in [0.25, 0.3) is 0 Å². The van der Waals surface area contributed by atoms with Crippen LogP contribution in [0.5, 0.6) is 5.75 Å². The zero-order valence-corrected chi connectivity index (χ0v) is 15.5. The van der Waals surface area contributed by atoms with Crippen molar-refractivity contribution in [3.05, 3.63) is 45.4 Å². The van der Waals surface area contributed by atoms with Crippen molar-refractivity contribution >= 4 is 34.8 Å². The lowest BCUT2D eigenvalue weighted by molar-refractivity contribution is -0.145. The summed E-state index contributed by atoms with van der Waals surface area (Å²) in [6, 6.07) is 6.84. The average Bonchev–Trinajstić information content (AvgIpc) is 2.99. The van der Waals surface area contributed by atoms with Crippen molar-refractivity contribution in [3.8, 4) is 5.75 Å². The van der Waals surface area contributed by atoms with Gasteiger partial charge in [-0.25, -0.2) is 4.98 Å². The third kappa shape index (κ3) is 6.03. The highest BCUT2D eigenvalue weighted by Gasteiger charge is 2.21. The number of carbonyl (C=O) groups is 2. The van der Waals surface area contributed by atoms with Crippen LogP contribution < -0.4 is 4.74 Å². The molecular formula is C17H19ClN2O4S. The van der Waals surface area contributed by atoms with Crippen LogP contribution in [0.15, 0.2) is 29.6 Å². The molecule has 0 aliphatic rings. The van der Waals surface area contributed by atoms with Gasteiger partial charge in [-0.3, -0.25) is 9.59 Å². The van der Waals surface area contributed by atoms with Gasteiger partial charge in [0, 0.05) is 16.4 Å². The number of ether oxygens (including phenoxy) is 1. The Hall–Kier alpha value is -2.12. The van der Waals surface area contributed by atoms with E-state index in [0.29, 0.717) is 23.1 Å². The van der Waals surface area contributed by atoms with E-state index in [1.54, 1.807) is 43.5 Å². The molecule has 0 saturated carbocycles. The highest BCUT2D eigenvalue weighted by Crippen LogP contribution is 2.18. The molecule has 0 radical (unpaired) electrons. The smallest absolute Gasteiger partial charge is 0.323 e. The molecule has 25 heavy (non-hydrogen) atoms. The fourth-order valence-electron chi connectivity index (χ4n) is 2.13. The minimum atomic E-state index is -1.03. The van der Waals surface area contributed by atoms with Crippen molar-refractivity contribution in [1.82, 2.24) is 9.88 Å². The maximum atomic E-state index is 12.3. The summed E-state index contributed by atoms with van der Waals surface area (Å²) in [6.07, 6.45) is 0.0723. The fourth-order valence-corrected chi connectivity index (χ4v) is 2.96. The van der Waals surface area contributed by atoms with Crippen LogP contribution in [0.25, 0.3) is 0 Å². The number of nitrogens with zero attached hydrogens (tertiary/aromatic N) is 2. The van der Waals surface area contributed by atoms with Crippen LogP contribution in [0.4, 0.5) is 0 Å². The molecule has 1 aromatic carbocycles. The number of carbonyl (C=O) groups excluding carboxylic acids is 1. The largest absolute Gasteiger partial charge is 0.486 e. The third-order valence-corrected chi connectivity index (χ3v) is 4.48. The van der Waals surface area contributed by atoms with E-state index in [2.05, 4.69) is 4.98 Å². The maximum absolute atomic E-state index is 12.3. The summed E-state index contributed by atoms with van der Waals surface area (Å²) in [5, 5.41) is 12.1. The molecule has 0 spiro atoms. The number of amides is 1. The first-order valence-electron chi connectivity index (χ1n) is 7.68. The third-order valence-electron chi connectivity index (χ3n) is 3.36.